The molecule has 0 saturated heterocycles. The smallest absolute Gasteiger partial charge is 0.137 e. The van der Waals surface area contributed by atoms with Gasteiger partial charge in [0.25, 0.3) is 0 Å². The SMILES string of the molecule is [2H]c1c([2H])c([2H])c(-c2cccc(-c3c([2H])c([2H])c([2H])c([2H])c3[2H])c2N2CN(c3cccc(Oc4ccc5c6ccccc6n(-c6cc(C([2H])([2H])[2H])ccn6)c5c4)c3)c3c2ccc2c3C3c4ccccc4C2c2ccccc23)c([2H])c1[2H]. The molecule has 1 aliphatic heterocycles. The molecule has 5 heteroatoms. The number of nitrogens with zero attached hydrogens (tertiary/aromatic N) is 4. The van der Waals surface area contributed by atoms with Gasteiger partial charge in [-0.05, 0) is 105 Å². The number of para-hydroxylation sites is 2. The van der Waals surface area contributed by atoms with Gasteiger partial charge >= 0.3 is 0 Å². The van der Waals surface area contributed by atoms with Crippen molar-refractivity contribution < 1.29 is 22.6 Å². The third kappa shape index (κ3) is 5.85. The van der Waals surface area contributed by atoms with Gasteiger partial charge in [-0.3, -0.25) is 4.57 Å². The molecular weight excluding hydrogens is 829 g/mol. The van der Waals surface area contributed by atoms with Crippen LogP contribution >= 0.6 is 0 Å². The van der Waals surface area contributed by atoms with Crippen molar-refractivity contribution in [1.82, 2.24) is 9.55 Å². The minimum atomic E-state index is -2.35. The van der Waals surface area contributed by atoms with Crippen LogP contribution in [0.1, 0.15) is 68.6 Å². The van der Waals surface area contributed by atoms with Crippen LogP contribution in [0.25, 0.3) is 49.9 Å². The maximum atomic E-state index is 9.31. The van der Waals surface area contributed by atoms with Crippen LogP contribution in [0.3, 0.4) is 0 Å². The molecule has 4 aliphatic rings. The predicted molar refractivity (Wildman–Crippen MR) is 278 cm³/mol. The largest absolute Gasteiger partial charge is 0.457 e. The number of benzene rings is 9. The lowest BCUT2D eigenvalue weighted by Gasteiger charge is -2.43. The van der Waals surface area contributed by atoms with E-state index in [1.807, 2.05) is 82.3 Å². The summed E-state index contributed by atoms with van der Waals surface area (Å²) in [6.07, 6.45) is 1.51. The Kier molecular flexibility index (Phi) is 6.19. The summed E-state index contributed by atoms with van der Waals surface area (Å²) in [6.45, 7) is -2.30. The number of pyridine rings is 1. The number of anilines is 4. The highest BCUT2D eigenvalue weighted by Gasteiger charge is 2.46. The molecule has 0 atom stereocenters. The normalized spacial score (nSPS) is 18.2. The quantitative estimate of drug-likeness (QED) is 0.160. The summed E-state index contributed by atoms with van der Waals surface area (Å²) in [4.78, 5) is 8.78. The summed E-state index contributed by atoms with van der Waals surface area (Å²) in [5.74, 6) is 1.07. The standard InChI is InChI=1S/C63H44N4O/c1-40-34-35-64-58(36-40)67-55-29-13-12-22-48(55)49-31-30-45(38-57(49)67)68-44-21-14-20-43(37-44)65-39-66(62-46(41-16-4-2-5-17-41)27-15-28-47(62)42-18-6-3-7-19-42)56-33-32-54-59-50-23-8-10-25-52(50)60(61(54)63(56)65)53-26-11-9-24-51(53)59/h2-38,59-60H,39H2,1H3/i1D3,2D,3D,4D,5D,6D,7D,16D,17D,18D,19D. The van der Waals surface area contributed by atoms with Gasteiger partial charge in [-0.15, -0.1) is 0 Å². The molecule has 0 spiro atoms. The lowest BCUT2D eigenvalue weighted by Crippen LogP contribution is -2.29. The molecule has 2 aromatic heterocycles. The van der Waals surface area contributed by atoms with Crippen LogP contribution in [0.5, 0.6) is 11.5 Å². The Morgan fingerprint density at radius 3 is 1.90 bits per heavy atom. The summed E-state index contributed by atoms with van der Waals surface area (Å²) in [5.41, 5.74) is 11.3. The number of hydrogen-bond donors (Lipinski definition) is 0. The van der Waals surface area contributed by atoms with Crippen molar-refractivity contribution in [3.63, 3.8) is 0 Å². The van der Waals surface area contributed by atoms with Crippen LogP contribution in [0, 0.1) is 6.85 Å². The maximum absolute atomic E-state index is 9.31. The van der Waals surface area contributed by atoms with Gasteiger partial charge in [0.15, 0.2) is 0 Å². The van der Waals surface area contributed by atoms with Crippen LogP contribution in [0.2, 0.25) is 0 Å². The first kappa shape index (κ1) is 27.7. The third-order valence-electron chi connectivity index (χ3n) is 13.7. The summed E-state index contributed by atoms with van der Waals surface area (Å²) >= 11 is 0. The molecule has 0 N–H and O–H groups in total. The Morgan fingerprint density at radius 1 is 0.529 bits per heavy atom. The second-order valence-corrected chi connectivity index (χ2v) is 17.3. The molecule has 0 unspecified atom stereocenters. The summed E-state index contributed by atoms with van der Waals surface area (Å²) < 4.78 is 123. The second-order valence-electron chi connectivity index (χ2n) is 17.3. The van der Waals surface area contributed by atoms with E-state index in [-0.39, 0.29) is 52.0 Å². The highest BCUT2D eigenvalue weighted by molar-refractivity contribution is 6.09. The fourth-order valence-electron chi connectivity index (χ4n) is 11.1. The third-order valence-corrected chi connectivity index (χ3v) is 13.7. The molecule has 3 heterocycles. The van der Waals surface area contributed by atoms with Crippen molar-refractivity contribution in [2.45, 2.75) is 18.7 Å². The summed E-state index contributed by atoms with van der Waals surface area (Å²) in [7, 11) is 0. The van der Waals surface area contributed by atoms with E-state index < -0.39 is 67.3 Å². The zero-order valence-electron chi connectivity index (χ0n) is 49.1. The number of fused-ring (bicyclic) bond motifs is 4. The van der Waals surface area contributed by atoms with E-state index in [0.29, 0.717) is 28.7 Å². The van der Waals surface area contributed by atoms with Crippen LogP contribution in [0.4, 0.5) is 22.7 Å². The van der Waals surface area contributed by atoms with E-state index in [4.69, 9.17) is 17.1 Å². The average Bonchev–Trinajstić information content (AvgIpc) is 3.93. The second kappa shape index (κ2) is 15.2. The van der Waals surface area contributed by atoms with E-state index in [2.05, 4.69) is 64.5 Å². The number of rotatable bonds is 7. The molecule has 5 nitrogen and oxygen atoms in total. The van der Waals surface area contributed by atoms with Crippen LogP contribution < -0.4 is 14.5 Å². The van der Waals surface area contributed by atoms with E-state index in [0.717, 1.165) is 49.7 Å². The Balaban J connectivity index is 0.985. The van der Waals surface area contributed by atoms with Gasteiger partial charge in [0.2, 0.25) is 0 Å². The van der Waals surface area contributed by atoms with E-state index >= 15 is 0 Å². The van der Waals surface area contributed by atoms with Gasteiger partial charge in [0.1, 0.15) is 24.0 Å². The van der Waals surface area contributed by atoms with Gasteiger partial charge in [-0.1, -0.05) is 157 Å². The van der Waals surface area contributed by atoms with Crippen molar-refractivity contribution in [1.29, 1.82) is 0 Å². The molecule has 15 rings (SSSR count). The van der Waals surface area contributed by atoms with Gasteiger partial charge < -0.3 is 14.5 Å². The van der Waals surface area contributed by atoms with Crippen molar-refractivity contribution in [3.8, 4) is 39.6 Å². The van der Waals surface area contributed by atoms with Gasteiger partial charge in [0, 0.05) is 61.9 Å². The Hall–Kier alpha value is -8.67. The fourth-order valence-corrected chi connectivity index (χ4v) is 11.1. The Morgan fingerprint density at radius 2 is 1.18 bits per heavy atom. The lowest BCUT2D eigenvalue weighted by atomic mass is 9.60. The zero-order valence-corrected chi connectivity index (χ0v) is 36.1. The van der Waals surface area contributed by atoms with Crippen LogP contribution in [0.15, 0.2) is 224 Å². The molecule has 11 aromatic rings. The topological polar surface area (TPSA) is 33.5 Å². The first-order chi connectivity index (χ1) is 39.0. The van der Waals surface area contributed by atoms with Crippen molar-refractivity contribution in [3.05, 3.63) is 263 Å². The highest BCUT2D eigenvalue weighted by atomic mass is 16.5. The number of aryl methyl sites for hydroxylation is 1. The van der Waals surface area contributed by atoms with Crippen LogP contribution in [-0.4, -0.2) is 16.2 Å². The Bertz CT molecular complexity index is 4340. The van der Waals surface area contributed by atoms with E-state index in [9.17, 15) is 5.48 Å². The van der Waals surface area contributed by atoms with E-state index in [1.165, 1.54) is 23.4 Å². The van der Waals surface area contributed by atoms with Crippen LogP contribution in [-0.2, 0) is 0 Å². The molecule has 9 aromatic carbocycles. The fraction of sp³-hybridized carbons (Fsp3) is 0.0635. The predicted octanol–water partition coefficient (Wildman–Crippen LogP) is 15.8. The van der Waals surface area contributed by atoms with Crippen molar-refractivity contribution in [2.75, 3.05) is 16.5 Å². The first-order valence-corrected chi connectivity index (χ1v) is 22.5. The lowest BCUT2D eigenvalue weighted by molar-refractivity contribution is 0.483. The van der Waals surface area contributed by atoms with Crippen molar-refractivity contribution >= 4 is 44.6 Å². The molecule has 322 valence electrons. The summed E-state index contributed by atoms with van der Waals surface area (Å²) in [5, 5.41) is 1.86. The van der Waals surface area contributed by atoms with Gasteiger partial charge in [-0.2, -0.15) is 0 Å². The zero-order chi connectivity index (χ0) is 56.1. The number of ether oxygens (including phenoxy) is 1. The molecule has 0 amide bonds. The molecule has 3 aliphatic carbocycles. The molecule has 0 fully saturated rings. The maximum Gasteiger partial charge on any atom is 0.137 e. The highest BCUT2D eigenvalue weighted by Crippen LogP contribution is 2.62. The monoisotopic (exact) mass is 885 g/mol. The molecule has 2 bridgehead atoms. The first-order valence-electron chi connectivity index (χ1n) is 29.0. The number of hydrogen-bond acceptors (Lipinski definition) is 4. The van der Waals surface area contributed by atoms with Gasteiger partial charge in [0.05, 0.1) is 41.8 Å². The Labute approximate surface area is 413 Å². The summed E-state index contributed by atoms with van der Waals surface area (Å²) in [6, 6.07) is 45.3. The van der Waals surface area contributed by atoms with E-state index in [1.54, 1.807) is 24.3 Å². The minimum absolute atomic E-state index is 0.0472. The minimum Gasteiger partial charge on any atom is -0.457 e. The van der Waals surface area contributed by atoms with Crippen molar-refractivity contribution in [2.24, 2.45) is 0 Å². The molecule has 0 radical (unpaired) electrons. The average molecular weight is 886 g/mol. The molecule has 0 saturated carbocycles. The number of aromatic nitrogens is 2. The van der Waals surface area contributed by atoms with Gasteiger partial charge in [-0.25, -0.2) is 4.98 Å². The molecule has 68 heavy (non-hydrogen) atoms. The molecular formula is C63H44N4O.